The summed E-state index contributed by atoms with van der Waals surface area (Å²) in [6.07, 6.45) is 0.899. The molecule has 0 aliphatic carbocycles. The van der Waals surface area contributed by atoms with Crippen LogP contribution in [0.25, 0.3) is 0 Å². The predicted molar refractivity (Wildman–Crippen MR) is 66.3 cm³/mol. The monoisotopic (exact) mass is 226 g/mol. The Hall–Kier alpha value is -0.830. The number of hydrogen-bond acceptors (Lipinski definition) is 3. The highest BCUT2D eigenvalue weighted by molar-refractivity contribution is 7.81. The van der Waals surface area contributed by atoms with E-state index in [1.54, 1.807) is 14.2 Å². The quantitative estimate of drug-likeness (QED) is 0.796. The lowest BCUT2D eigenvalue weighted by Gasteiger charge is -2.18. The molecule has 0 aliphatic heterocycles. The van der Waals surface area contributed by atoms with Crippen LogP contribution in [0.5, 0.6) is 11.5 Å². The maximum absolute atomic E-state index is 5.24. The molecule has 0 aromatic heterocycles. The summed E-state index contributed by atoms with van der Waals surface area (Å²) in [5.74, 6) is 1.53. The molecule has 0 saturated heterocycles. The Morgan fingerprint density at radius 2 is 1.73 bits per heavy atom. The summed E-state index contributed by atoms with van der Waals surface area (Å²) in [6.45, 7) is 4.18. The van der Waals surface area contributed by atoms with Gasteiger partial charge in [-0.25, -0.2) is 0 Å². The van der Waals surface area contributed by atoms with Crippen LogP contribution in [-0.2, 0) is 6.42 Å². The summed E-state index contributed by atoms with van der Waals surface area (Å²) >= 11 is 4.51. The van der Waals surface area contributed by atoms with E-state index in [4.69, 9.17) is 9.47 Å². The molecule has 0 radical (unpaired) electrons. The summed E-state index contributed by atoms with van der Waals surface area (Å²) in [5.41, 5.74) is 1.20. The number of benzene rings is 1. The molecule has 0 spiro atoms. The SMILES string of the molecule is COc1ccc(CC(C)(C)S)cc1OC. The number of methoxy groups -OCH3 is 2. The maximum atomic E-state index is 5.24. The first-order chi connectivity index (χ1) is 6.96. The highest BCUT2D eigenvalue weighted by Gasteiger charge is 2.14. The van der Waals surface area contributed by atoms with Crippen molar-refractivity contribution in [3.63, 3.8) is 0 Å². The third-order valence-electron chi connectivity index (χ3n) is 2.08. The van der Waals surface area contributed by atoms with Gasteiger partial charge in [0.1, 0.15) is 0 Å². The van der Waals surface area contributed by atoms with E-state index in [2.05, 4.69) is 26.5 Å². The third-order valence-corrected chi connectivity index (χ3v) is 2.24. The van der Waals surface area contributed by atoms with Crippen LogP contribution in [0.15, 0.2) is 18.2 Å². The van der Waals surface area contributed by atoms with Crippen molar-refractivity contribution in [3.05, 3.63) is 23.8 Å². The Morgan fingerprint density at radius 1 is 1.13 bits per heavy atom. The zero-order chi connectivity index (χ0) is 11.5. The lowest BCUT2D eigenvalue weighted by molar-refractivity contribution is 0.354. The fourth-order valence-electron chi connectivity index (χ4n) is 1.49. The van der Waals surface area contributed by atoms with Crippen LogP contribution in [0.3, 0.4) is 0 Å². The second-order valence-corrected chi connectivity index (χ2v) is 5.39. The molecule has 0 N–H and O–H groups in total. The molecule has 1 aromatic carbocycles. The van der Waals surface area contributed by atoms with Crippen LogP contribution in [0, 0.1) is 0 Å². The van der Waals surface area contributed by atoms with Gasteiger partial charge in [-0.2, -0.15) is 12.6 Å². The molecule has 0 saturated carbocycles. The number of ether oxygens (including phenoxy) is 2. The van der Waals surface area contributed by atoms with E-state index < -0.39 is 0 Å². The summed E-state index contributed by atoms with van der Waals surface area (Å²) in [5, 5.41) is 0. The number of hydrogen-bond donors (Lipinski definition) is 1. The fraction of sp³-hybridized carbons (Fsp3) is 0.500. The highest BCUT2D eigenvalue weighted by atomic mass is 32.1. The van der Waals surface area contributed by atoms with E-state index >= 15 is 0 Å². The normalized spacial score (nSPS) is 11.3. The zero-order valence-corrected chi connectivity index (χ0v) is 10.6. The van der Waals surface area contributed by atoms with Gasteiger partial charge >= 0.3 is 0 Å². The average Bonchev–Trinajstić information content (AvgIpc) is 2.15. The van der Waals surface area contributed by atoms with Crippen molar-refractivity contribution in [3.8, 4) is 11.5 Å². The van der Waals surface area contributed by atoms with Crippen LogP contribution in [0.2, 0.25) is 0 Å². The van der Waals surface area contributed by atoms with Gasteiger partial charge in [0.05, 0.1) is 14.2 Å². The van der Waals surface area contributed by atoms with E-state index in [1.807, 2.05) is 18.2 Å². The van der Waals surface area contributed by atoms with Crippen molar-refractivity contribution >= 4 is 12.6 Å². The van der Waals surface area contributed by atoms with Gasteiger partial charge in [0.25, 0.3) is 0 Å². The van der Waals surface area contributed by atoms with Crippen molar-refractivity contribution in [1.82, 2.24) is 0 Å². The Balaban J connectivity index is 2.93. The summed E-state index contributed by atoms with van der Waals surface area (Å²) in [6, 6.07) is 5.96. The van der Waals surface area contributed by atoms with E-state index in [9.17, 15) is 0 Å². The van der Waals surface area contributed by atoms with E-state index in [0.717, 1.165) is 17.9 Å². The molecular weight excluding hydrogens is 208 g/mol. The fourth-order valence-corrected chi connectivity index (χ4v) is 1.67. The molecule has 0 atom stereocenters. The Kier molecular flexibility index (Phi) is 3.91. The first-order valence-electron chi connectivity index (χ1n) is 4.89. The van der Waals surface area contributed by atoms with Crippen molar-refractivity contribution in [2.24, 2.45) is 0 Å². The van der Waals surface area contributed by atoms with Gasteiger partial charge in [0, 0.05) is 4.75 Å². The Morgan fingerprint density at radius 3 is 2.20 bits per heavy atom. The minimum absolute atomic E-state index is 0.0143. The summed E-state index contributed by atoms with van der Waals surface area (Å²) in [7, 11) is 3.29. The Bertz CT molecular complexity index is 329. The molecule has 1 rings (SSSR count). The van der Waals surface area contributed by atoms with Gasteiger partial charge in [-0.15, -0.1) is 0 Å². The van der Waals surface area contributed by atoms with E-state index in [0.29, 0.717) is 0 Å². The van der Waals surface area contributed by atoms with E-state index in [-0.39, 0.29) is 4.75 Å². The molecule has 0 fully saturated rings. The summed E-state index contributed by atoms with van der Waals surface area (Å²) in [4.78, 5) is 0. The van der Waals surface area contributed by atoms with Gasteiger partial charge in [-0.1, -0.05) is 19.9 Å². The summed E-state index contributed by atoms with van der Waals surface area (Å²) < 4.78 is 10.4. The number of rotatable bonds is 4. The second-order valence-electron chi connectivity index (χ2n) is 4.18. The highest BCUT2D eigenvalue weighted by Crippen LogP contribution is 2.29. The standard InChI is InChI=1S/C12H18O2S/c1-12(2,15)8-9-5-6-10(13-3)11(7-9)14-4/h5-7,15H,8H2,1-4H3. The Labute approximate surface area is 97.0 Å². The average molecular weight is 226 g/mol. The van der Waals surface area contributed by atoms with Crippen LogP contribution >= 0.6 is 12.6 Å². The van der Waals surface area contributed by atoms with Gasteiger partial charge in [-0.3, -0.25) is 0 Å². The number of thiol groups is 1. The molecular formula is C12H18O2S. The van der Waals surface area contributed by atoms with Gasteiger partial charge in [0.2, 0.25) is 0 Å². The molecule has 0 heterocycles. The molecule has 3 heteroatoms. The van der Waals surface area contributed by atoms with Gasteiger partial charge < -0.3 is 9.47 Å². The van der Waals surface area contributed by atoms with Crippen molar-refractivity contribution in [2.45, 2.75) is 25.0 Å². The third kappa shape index (κ3) is 3.67. The molecule has 0 aliphatic rings. The predicted octanol–water partition coefficient (Wildman–Crippen LogP) is 2.95. The van der Waals surface area contributed by atoms with Crippen molar-refractivity contribution in [2.75, 3.05) is 14.2 Å². The van der Waals surface area contributed by atoms with Gasteiger partial charge in [-0.05, 0) is 24.1 Å². The molecule has 1 aromatic rings. The first-order valence-corrected chi connectivity index (χ1v) is 5.34. The molecule has 0 bridgehead atoms. The second kappa shape index (κ2) is 4.79. The van der Waals surface area contributed by atoms with E-state index in [1.165, 1.54) is 5.56 Å². The largest absolute Gasteiger partial charge is 0.493 e. The topological polar surface area (TPSA) is 18.5 Å². The van der Waals surface area contributed by atoms with Crippen LogP contribution in [0.4, 0.5) is 0 Å². The van der Waals surface area contributed by atoms with Crippen LogP contribution < -0.4 is 9.47 Å². The minimum Gasteiger partial charge on any atom is -0.493 e. The van der Waals surface area contributed by atoms with Crippen LogP contribution in [-0.4, -0.2) is 19.0 Å². The molecule has 15 heavy (non-hydrogen) atoms. The van der Waals surface area contributed by atoms with Crippen molar-refractivity contribution < 1.29 is 9.47 Å². The van der Waals surface area contributed by atoms with Gasteiger partial charge in [0.15, 0.2) is 11.5 Å². The maximum Gasteiger partial charge on any atom is 0.160 e. The van der Waals surface area contributed by atoms with Crippen molar-refractivity contribution in [1.29, 1.82) is 0 Å². The molecule has 0 amide bonds. The lowest BCUT2D eigenvalue weighted by Crippen LogP contribution is -2.14. The molecule has 84 valence electrons. The molecule has 2 nitrogen and oxygen atoms in total. The van der Waals surface area contributed by atoms with Crippen LogP contribution in [0.1, 0.15) is 19.4 Å². The molecule has 0 unspecified atom stereocenters. The smallest absolute Gasteiger partial charge is 0.160 e. The zero-order valence-electron chi connectivity index (χ0n) is 9.70. The first kappa shape index (κ1) is 12.2. The lowest BCUT2D eigenvalue weighted by atomic mass is 10.0. The minimum atomic E-state index is -0.0143.